The first kappa shape index (κ1) is 12.6. The van der Waals surface area contributed by atoms with Gasteiger partial charge in [0, 0.05) is 13.6 Å². The van der Waals surface area contributed by atoms with Crippen molar-refractivity contribution in [1.82, 2.24) is 5.32 Å². The smallest absolute Gasteiger partial charge is 0.224 e. The summed E-state index contributed by atoms with van der Waals surface area (Å²) in [6.07, 6.45) is 0.544. The number of benzene rings is 1. The molecule has 0 radical (unpaired) electrons. The van der Waals surface area contributed by atoms with Crippen LogP contribution in [0, 0.1) is 18.7 Å². The first-order chi connectivity index (χ1) is 7.58. The number of nitrogens with two attached hydrogens (primary N) is 1. The normalized spacial score (nSPS) is 12.2. The summed E-state index contributed by atoms with van der Waals surface area (Å²) in [5, 5.41) is 2.57. The first-order valence-corrected chi connectivity index (χ1v) is 5.25. The van der Waals surface area contributed by atoms with Crippen molar-refractivity contribution in [2.45, 2.75) is 13.3 Å². The van der Waals surface area contributed by atoms with Gasteiger partial charge in [-0.15, -0.1) is 0 Å². The van der Waals surface area contributed by atoms with E-state index < -0.39 is 0 Å². The minimum atomic E-state index is -0.259. The average Bonchev–Trinajstić information content (AvgIpc) is 2.27. The van der Waals surface area contributed by atoms with E-state index in [9.17, 15) is 9.18 Å². The van der Waals surface area contributed by atoms with Crippen LogP contribution >= 0.6 is 0 Å². The van der Waals surface area contributed by atoms with Gasteiger partial charge in [-0.25, -0.2) is 4.39 Å². The van der Waals surface area contributed by atoms with Gasteiger partial charge in [-0.1, -0.05) is 6.07 Å². The van der Waals surface area contributed by atoms with Crippen molar-refractivity contribution in [3.63, 3.8) is 0 Å². The van der Waals surface area contributed by atoms with Crippen LogP contribution in [0.25, 0.3) is 0 Å². The van der Waals surface area contributed by atoms with Crippen molar-refractivity contribution in [2.24, 2.45) is 11.7 Å². The first-order valence-electron chi connectivity index (χ1n) is 5.25. The summed E-state index contributed by atoms with van der Waals surface area (Å²) in [6.45, 7) is 2.12. The molecule has 88 valence electrons. The number of rotatable bonds is 4. The summed E-state index contributed by atoms with van der Waals surface area (Å²) >= 11 is 0. The topological polar surface area (TPSA) is 55.1 Å². The van der Waals surface area contributed by atoms with Crippen LogP contribution < -0.4 is 11.1 Å². The van der Waals surface area contributed by atoms with Crippen molar-refractivity contribution in [1.29, 1.82) is 0 Å². The van der Waals surface area contributed by atoms with E-state index in [1.165, 1.54) is 12.1 Å². The third kappa shape index (κ3) is 3.03. The summed E-state index contributed by atoms with van der Waals surface area (Å²) in [6, 6.07) is 4.57. The maximum atomic E-state index is 12.9. The fourth-order valence-corrected chi connectivity index (χ4v) is 1.64. The highest BCUT2D eigenvalue weighted by molar-refractivity contribution is 5.78. The molecule has 0 aliphatic rings. The Morgan fingerprint density at radius 1 is 1.56 bits per heavy atom. The van der Waals surface area contributed by atoms with Crippen LogP contribution in [0.5, 0.6) is 0 Å². The van der Waals surface area contributed by atoms with E-state index in [4.69, 9.17) is 5.73 Å². The molecule has 1 atom stereocenters. The summed E-state index contributed by atoms with van der Waals surface area (Å²) in [4.78, 5) is 11.5. The molecule has 0 unspecified atom stereocenters. The van der Waals surface area contributed by atoms with Crippen LogP contribution in [0.1, 0.15) is 11.1 Å². The number of carbonyl (C=O) groups is 1. The molecule has 4 heteroatoms. The van der Waals surface area contributed by atoms with Gasteiger partial charge in [-0.2, -0.15) is 0 Å². The van der Waals surface area contributed by atoms with Gasteiger partial charge in [0.05, 0.1) is 5.92 Å². The van der Waals surface area contributed by atoms with Gasteiger partial charge in [0.25, 0.3) is 0 Å². The van der Waals surface area contributed by atoms with Gasteiger partial charge in [0.2, 0.25) is 5.91 Å². The molecule has 16 heavy (non-hydrogen) atoms. The zero-order valence-electron chi connectivity index (χ0n) is 9.59. The van der Waals surface area contributed by atoms with Crippen molar-refractivity contribution in [2.75, 3.05) is 13.6 Å². The molecule has 0 saturated heterocycles. The van der Waals surface area contributed by atoms with Crippen LogP contribution in [-0.4, -0.2) is 19.5 Å². The van der Waals surface area contributed by atoms with Crippen LogP contribution in [0.4, 0.5) is 4.39 Å². The molecule has 3 N–H and O–H groups in total. The molecule has 3 nitrogen and oxygen atoms in total. The summed E-state index contributed by atoms with van der Waals surface area (Å²) in [5.74, 6) is -0.592. The predicted octanol–water partition coefficient (Wildman–Crippen LogP) is 0.998. The lowest BCUT2D eigenvalue weighted by Crippen LogP contribution is -2.34. The number of carbonyl (C=O) groups excluding carboxylic acids is 1. The fraction of sp³-hybridized carbons (Fsp3) is 0.417. The number of hydrogen-bond acceptors (Lipinski definition) is 2. The number of hydrogen-bond donors (Lipinski definition) is 2. The Bertz CT molecular complexity index is 379. The van der Waals surface area contributed by atoms with E-state index in [0.717, 1.165) is 11.1 Å². The second kappa shape index (κ2) is 5.61. The van der Waals surface area contributed by atoms with Crippen molar-refractivity contribution in [3.8, 4) is 0 Å². The third-order valence-corrected chi connectivity index (χ3v) is 2.67. The second-order valence-corrected chi connectivity index (χ2v) is 3.82. The van der Waals surface area contributed by atoms with Gasteiger partial charge >= 0.3 is 0 Å². The number of nitrogens with one attached hydrogen (secondary N) is 1. The Kier molecular flexibility index (Phi) is 4.43. The highest BCUT2D eigenvalue weighted by Gasteiger charge is 2.16. The molecule has 0 bridgehead atoms. The van der Waals surface area contributed by atoms with E-state index in [-0.39, 0.29) is 24.2 Å². The van der Waals surface area contributed by atoms with Crippen LogP contribution in [0.15, 0.2) is 18.2 Å². The largest absolute Gasteiger partial charge is 0.359 e. The van der Waals surface area contributed by atoms with Crippen LogP contribution in [0.2, 0.25) is 0 Å². The number of halogens is 1. The maximum Gasteiger partial charge on any atom is 0.224 e. The quantitative estimate of drug-likeness (QED) is 0.801. The molecule has 0 spiro atoms. The monoisotopic (exact) mass is 224 g/mol. The van der Waals surface area contributed by atoms with Crippen molar-refractivity contribution < 1.29 is 9.18 Å². The zero-order chi connectivity index (χ0) is 12.1. The van der Waals surface area contributed by atoms with E-state index in [1.807, 2.05) is 6.92 Å². The Hall–Kier alpha value is -1.42. The highest BCUT2D eigenvalue weighted by Crippen LogP contribution is 2.14. The summed E-state index contributed by atoms with van der Waals surface area (Å²) in [7, 11) is 1.59. The van der Waals surface area contributed by atoms with E-state index >= 15 is 0 Å². The maximum absolute atomic E-state index is 12.9. The second-order valence-electron chi connectivity index (χ2n) is 3.82. The Morgan fingerprint density at radius 2 is 2.25 bits per heavy atom. The molecule has 0 aromatic heterocycles. The van der Waals surface area contributed by atoms with Gasteiger partial charge < -0.3 is 11.1 Å². The molecule has 1 aromatic rings. The fourth-order valence-electron chi connectivity index (χ4n) is 1.64. The molecule has 0 heterocycles. The number of aryl methyl sites for hydroxylation is 1. The van der Waals surface area contributed by atoms with E-state index in [0.29, 0.717) is 6.42 Å². The zero-order valence-corrected chi connectivity index (χ0v) is 9.59. The lowest BCUT2D eigenvalue weighted by molar-refractivity contribution is -0.124. The molecule has 0 aliphatic carbocycles. The SMILES string of the molecule is CNC(=O)[C@@H](CN)Cc1ccc(F)cc1C. The number of amides is 1. The molecule has 1 rings (SSSR count). The Labute approximate surface area is 94.8 Å². The molecule has 0 saturated carbocycles. The van der Waals surface area contributed by atoms with Gasteiger partial charge in [-0.3, -0.25) is 4.79 Å². The van der Waals surface area contributed by atoms with Crippen molar-refractivity contribution in [3.05, 3.63) is 35.1 Å². The minimum Gasteiger partial charge on any atom is -0.359 e. The van der Waals surface area contributed by atoms with E-state index in [2.05, 4.69) is 5.32 Å². The highest BCUT2D eigenvalue weighted by atomic mass is 19.1. The minimum absolute atomic E-state index is 0.0776. The lowest BCUT2D eigenvalue weighted by atomic mass is 9.95. The standard InChI is InChI=1S/C12H17FN2O/c1-8-5-11(13)4-3-9(8)6-10(7-14)12(16)15-2/h3-5,10H,6-7,14H2,1-2H3,(H,15,16)/t10-/m1/s1. The van der Waals surface area contributed by atoms with Crippen molar-refractivity contribution >= 4 is 5.91 Å². The van der Waals surface area contributed by atoms with Gasteiger partial charge in [0.1, 0.15) is 5.82 Å². The lowest BCUT2D eigenvalue weighted by Gasteiger charge is -2.14. The molecule has 1 aromatic carbocycles. The van der Waals surface area contributed by atoms with Gasteiger partial charge in [0.15, 0.2) is 0 Å². The summed E-state index contributed by atoms with van der Waals surface area (Å²) < 4.78 is 12.9. The molecule has 0 fully saturated rings. The molecular weight excluding hydrogens is 207 g/mol. The summed E-state index contributed by atoms with van der Waals surface area (Å²) in [5.41, 5.74) is 7.35. The third-order valence-electron chi connectivity index (χ3n) is 2.67. The molecule has 0 aliphatic heterocycles. The Morgan fingerprint density at radius 3 is 2.75 bits per heavy atom. The Balaban J connectivity index is 2.82. The van der Waals surface area contributed by atoms with Crippen LogP contribution in [-0.2, 0) is 11.2 Å². The van der Waals surface area contributed by atoms with Gasteiger partial charge in [-0.05, 0) is 36.6 Å². The average molecular weight is 224 g/mol. The predicted molar refractivity (Wildman–Crippen MR) is 61.5 cm³/mol. The van der Waals surface area contributed by atoms with Crippen LogP contribution in [0.3, 0.4) is 0 Å². The van der Waals surface area contributed by atoms with E-state index in [1.54, 1.807) is 13.1 Å². The molecule has 1 amide bonds. The molecular formula is C12H17FN2O.